The van der Waals surface area contributed by atoms with Crippen LogP contribution in [-0.4, -0.2) is 40.1 Å². The first-order valence-electron chi connectivity index (χ1n) is 7.10. The van der Waals surface area contributed by atoms with Crippen LogP contribution in [0.5, 0.6) is 0 Å². The number of rotatable bonds is 3. The van der Waals surface area contributed by atoms with Crippen LogP contribution in [0.3, 0.4) is 0 Å². The van der Waals surface area contributed by atoms with E-state index < -0.39 is 6.10 Å². The largest absolute Gasteiger partial charge is 0.391 e. The van der Waals surface area contributed by atoms with Crippen LogP contribution >= 0.6 is 0 Å². The summed E-state index contributed by atoms with van der Waals surface area (Å²) in [5.41, 5.74) is 1.18. The van der Waals surface area contributed by atoms with Gasteiger partial charge in [-0.1, -0.05) is 6.42 Å². The van der Waals surface area contributed by atoms with Crippen molar-refractivity contribution in [2.24, 2.45) is 11.8 Å². The summed E-state index contributed by atoms with van der Waals surface area (Å²) < 4.78 is 0. The molecule has 1 amide bonds. The van der Waals surface area contributed by atoms with Crippen molar-refractivity contribution in [2.75, 3.05) is 13.1 Å². The molecule has 0 unspecified atom stereocenters. The van der Waals surface area contributed by atoms with Crippen molar-refractivity contribution >= 4 is 5.91 Å². The zero-order chi connectivity index (χ0) is 13.2. The van der Waals surface area contributed by atoms with Crippen LogP contribution in [-0.2, 0) is 11.2 Å². The second kappa shape index (κ2) is 5.29. The molecule has 102 valence electrons. The molecule has 1 saturated carbocycles. The summed E-state index contributed by atoms with van der Waals surface area (Å²) in [6, 6.07) is 3.95. The van der Waals surface area contributed by atoms with Crippen molar-refractivity contribution < 1.29 is 9.90 Å². The lowest BCUT2D eigenvalue weighted by molar-refractivity contribution is -0.137. The number of aliphatic hydroxyl groups excluding tert-OH is 1. The van der Waals surface area contributed by atoms with Crippen molar-refractivity contribution in [1.29, 1.82) is 0 Å². The third-order valence-corrected chi connectivity index (χ3v) is 4.42. The number of aromatic nitrogens is 1. The van der Waals surface area contributed by atoms with E-state index in [1.165, 1.54) is 12.0 Å². The first kappa shape index (κ1) is 12.6. The fourth-order valence-corrected chi connectivity index (χ4v) is 2.97. The highest BCUT2D eigenvalue weighted by molar-refractivity contribution is 5.80. The van der Waals surface area contributed by atoms with E-state index in [0.29, 0.717) is 13.1 Å². The number of likely N-dealkylation sites (tertiary alicyclic amines) is 1. The second-order valence-electron chi connectivity index (χ2n) is 5.76. The molecule has 2 fully saturated rings. The van der Waals surface area contributed by atoms with Gasteiger partial charge < -0.3 is 10.0 Å². The minimum atomic E-state index is -0.391. The SMILES string of the molecule is O=C(C1CCC1)N1C[C@@H](Cc2ccncc2)[C@H](O)C1. The summed E-state index contributed by atoms with van der Waals surface area (Å²) in [5, 5.41) is 10.1. The monoisotopic (exact) mass is 260 g/mol. The van der Waals surface area contributed by atoms with Gasteiger partial charge >= 0.3 is 0 Å². The maximum absolute atomic E-state index is 12.2. The summed E-state index contributed by atoms with van der Waals surface area (Å²) >= 11 is 0. The molecule has 1 aliphatic heterocycles. The summed E-state index contributed by atoms with van der Waals surface area (Å²) in [6.45, 7) is 1.20. The van der Waals surface area contributed by atoms with Crippen molar-refractivity contribution in [3.8, 4) is 0 Å². The van der Waals surface area contributed by atoms with Crippen molar-refractivity contribution in [1.82, 2.24) is 9.88 Å². The van der Waals surface area contributed by atoms with E-state index in [4.69, 9.17) is 0 Å². The number of nitrogens with zero attached hydrogens (tertiary/aromatic N) is 2. The lowest BCUT2D eigenvalue weighted by Gasteiger charge is -2.29. The molecule has 1 saturated heterocycles. The topological polar surface area (TPSA) is 53.4 Å². The standard InChI is InChI=1S/C15H20N2O2/c18-14-10-17(15(19)12-2-1-3-12)9-13(14)8-11-4-6-16-7-5-11/h4-7,12-14,18H,1-3,8-10H2/t13-,14-/m1/s1. The molecular weight excluding hydrogens is 240 g/mol. The van der Waals surface area contributed by atoms with Gasteiger partial charge in [-0.25, -0.2) is 0 Å². The number of aliphatic hydroxyl groups is 1. The third-order valence-electron chi connectivity index (χ3n) is 4.42. The van der Waals surface area contributed by atoms with Gasteiger partial charge in [0.05, 0.1) is 6.10 Å². The highest BCUT2D eigenvalue weighted by atomic mass is 16.3. The van der Waals surface area contributed by atoms with Crippen LogP contribution in [0.2, 0.25) is 0 Å². The van der Waals surface area contributed by atoms with E-state index in [0.717, 1.165) is 19.3 Å². The Morgan fingerprint density at radius 3 is 2.68 bits per heavy atom. The summed E-state index contributed by atoms with van der Waals surface area (Å²) in [4.78, 5) is 18.0. The van der Waals surface area contributed by atoms with Crippen molar-refractivity contribution in [3.63, 3.8) is 0 Å². The van der Waals surface area contributed by atoms with Gasteiger partial charge in [-0.05, 0) is 37.0 Å². The molecule has 2 aliphatic rings. The fourth-order valence-electron chi connectivity index (χ4n) is 2.97. The molecule has 2 heterocycles. The molecule has 4 nitrogen and oxygen atoms in total. The van der Waals surface area contributed by atoms with E-state index in [2.05, 4.69) is 4.98 Å². The van der Waals surface area contributed by atoms with Crippen LogP contribution in [0, 0.1) is 11.8 Å². The summed E-state index contributed by atoms with van der Waals surface area (Å²) in [7, 11) is 0. The molecule has 0 radical (unpaired) electrons. The number of carbonyl (C=O) groups excluding carboxylic acids is 1. The lowest BCUT2D eigenvalue weighted by atomic mass is 9.84. The van der Waals surface area contributed by atoms with Crippen LogP contribution in [0.25, 0.3) is 0 Å². The first-order chi connectivity index (χ1) is 9.24. The lowest BCUT2D eigenvalue weighted by Crippen LogP contribution is -2.37. The maximum atomic E-state index is 12.2. The van der Waals surface area contributed by atoms with Gasteiger partial charge in [0.15, 0.2) is 0 Å². The zero-order valence-electron chi connectivity index (χ0n) is 11.0. The Labute approximate surface area is 113 Å². The zero-order valence-corrected chi connectivity index (χ0v) is 11.0. The molecule has 0 bridgehead atoms. The van der Waals surface area contributed by atoms with Gasteiger partial charge in [0.1, 0.15) is 0 Å². The summed E-state index contributed by atoms with van der Waals surface area (Å²) in [6.07, 6.45) is 7.20. The molecule has 3 rings (SSSR count). The number of β-amino-alcohol motifs (C(OH)–C–C–N with tert-alkyl or cyclic N) is 1. The molecule has 19 heavy (non-hydrogen) atoms. The molecule has 0 aromatic carbocycles. The first-order valence-corrected chi connectivity index (χ1v) is 7.10. The number of hydrogen-bond donors (Lipinski definition) is 1. The Morgan fingerprint density at radius 2 is 2.05 bits per heavy atom. The smallest absolute Gasteiger partial charge is 0.225 e. The minimum absolute atomic E-state index is 0.159. The van der Waals surface area contributed by atoms with Gasteiger partial charge in [-0.3, -0.25) is 9.78 Å². The molecule has 4 heteroatoms. The van der Waals surface area contributed by atoms with Gasteiger partial charge in [-0.15, -0.1) is 0 Å². The predicted octanol–water partition coefficient (Wildman–Crippen LogP) is 1.24. The molecular formula is C15H20N2O2. The Hall–Kier alpha value is -1.42. The Balaban J connectivity index is 1.60. The average molecular weight is 260 g/mol. The van der Waals surface area contributed by atoms with E-state index in [9.17, 15) is 9.90 Å². The Morgan fingerprint density at radius 1 is 1.32 bits per heavy atom. The number of hydrogen-bond acceptors (Lipinski definition) is 3. The number of amides is 1. The van der Waals surface area contributed by atoms with Gasteiger partial charge in [0, 0.05) is 37.3 Å². The van der Waals surface area contributed by atoms with Gasteiger partial charge in [-0.2, -0.15) is 0 Å². The highest BCUT2D eigenvalue weighted by Gasteiger charge is 2.37. The second-order valence-corrected chi connectivity index (χ2v) is 5.76. The third kappa shape index (κ3) is 2.63. The Bertz CT molecular complexity index is 445. The maximum Gasteiger partial charge on any atom is 0.225 e. The van der Waals surface area contributed by atoms with Crippen LogP contribution < -0.4 is 0 Å². The number of carbonyl (C=O) groups is 1. The predicted molar refractivity (Wildman–Crippen MR) is 71.4 cm³/mol. The molecule has 1 N–H and O–H groups in total. The van der Waals surface area contributed by atoms with E-state index in [-0.39, 0.29) is 17.7 Å². The van der Waals surface area contributed by atoms with E-state index in [1.54, 1.807) is 12.4 Å². The molecule has 1 aliphatic carbocycles. The van der Waals surface area contributed by atoms with Gasteiger partial charge in [0.25, 0.3) is 0 Å². The van der Waals surface area contributed by atoms with Crippen LogP contribution in [0.1, 0.15) is 24.8 Å². The quantitative estimate of drug-likeness (QED) is 0.889. The molecule has 1 aromatic heterocycles. The Kier molecular flexibility index (Phi) is 3.51. The van der Waals surface area contributed by atoms with Crippen molar-refractivity contribution in [2.45, 2.75) is 31.8 Å². The normalized spacial score (nSPS) is 27.3. The minimum Gasteiger partial charge on any atom is -0.391 e. The van der Waals surface area contributed by atoms with Crippen molar-refractivity contribution in [3.05, 3.63) is 30.1 Å². The molecule has 2 atom stereocenters. The van der Waals surface area contributed by atoms with Crippen LogP contribution in [0.15, 0.2) is 24.5 Å². The van der Waals surface area contributed by atoms with E-state index in [1.807, 2.05) is 17.0 Å². The highest BCUT2D eigenvalue weighted by Crippen LogP contribution is 2.31. The summed E-state index contributed by atoms with van der Waals surface area (Å²) in [5.74, 6) is 0.640. The van der Waals surface area contributed by atoms with Crippen LogP contribution in [0.4, 0.5) is 0 Å². The fraction of sp³-hybridized carbons (Fsp3) is 0.600. The number of pyridine rings is 1. The van der Waals surface area contributed by atoms with E-state index >= 15 is 0 Å². The molecule has 0 spiro atoms. The van der Waals surface area contributed by atoms with Gasteiger partial charge in [0.2, 0.25) is 5.91 Å². The average Bonchev–Trinajstić information content (AvgIpc) is 2.70. The molecule has 1 aromatic rings.